The summed E-state index contributed by atoms with van der Waals surface area (Å²) >= 11 is 0. The molecule has 6 heteroatoms. The van der Waals surface area contributed by atoms with Gasteiger partial charge in [-0.25, -0.2) is 8.42 Å². The van der Waals surface area contributed by atoms with Crippen LogP contribution in [-0.4, -0.2) is 27.1 Å². The van der Waals surface area contributed by atoms with Crippen molar-refractivity contribution in [2.75, 3.05) is 17.1 Å². The number of benzene rings is 3. The summed E-state index contributed by atoms with van der Waals surface area (Å²) in [6, 6.07) is 22.9. The lowest BCUT2D eigenvalue weighted by Crippen LogP contribution is -2.29. The van der Waals surface area contributed by atoms with Gasteiger partial charge in [-0.3, -0.25) is 9.10 Å². The van der Waals surface area contributed by atoms with E-state index < -0.39 is 10.0 Å². The first-order chi connectivity index (χ1) is 15.1. The Hall–Kier alpha value is -3.12. The zero-order chi connectivity index (χ0) is 23.3. The van der Waals surface area contributed by atoms with E-state index in [-0.39, 0.29) is 18.4 Å². The van der Waals surface area contributed by atoms with E-state index in [0.717, 1.165) is 16.7 Å². The fourth-order valence-electron chi connectivity index (χ4n) is 3.67. The minimum absolute atomic E-state index is 0.145. The minimum Gasteiger partial charge on any atom is -0.351 e. The molecule has 3 rings (SSSR count). The Morgan fingerprint density at radius 2 is 1.53 bits per heavy atom. The second-order valence-electron chi connectivity index (χ2n) is 8.33. The van der Waals surface area contributed by atoms with Crippen LogP contribution in [0.4, 0.5) is 5.69 Å². The van der Waals surface area contributed by atoms with Gasteiger partial charge in [-0.2, -0.15) is 0 Å². The molecule has 0 saturated heterocycles. The van der Waals surface area contributed by atoms with Crippen LogP contribution in [0.15, 0.2) is 72.8 Å². The summed E-state index contributed by atoms with van der Waals surface area (Å²) in [6.07, 6.45) is 1.21. The zero-order valence-electron chi connectivity index (χ0n) is 19.0. The molecule has 1 N–H and O–H groups in total. The van der Waals surface area contributed by atoms with E-state index >= 15 is 0 Å². The highest BCUT2D eigenvalue weighted by Gasteiger charge is 2.19. The lowest BCUT2D eigenvalue weighted by Gasteiger charge is -2.23. The van der Waals surface area contributed by atoms with E-state index in [1.807, 2.05) is 50.2 Å². The molecule has 168 valence electrons. The van der Waals surface area contributed by atoms with Crippen molar-refractivity contribution in [3.8, 4) is 0 Å². The largest absolute Gasteiger partial charge is 0.351 e. The highest BCUT2D eigenvalue weighted by atomic mass is 32.2. The number of sulfonamides is 1. The van der Waals surface area contributed by atoms with E-state index in [0.29, 0.717) is 17.8 Å². The molecule has 0 fully saturated rings. The topological polar surface area (TPSA) is 66.5 Å². The maximum absolute atomic E-state index is 12.6. The summed E-state index contributed by atoms with van der Waals surface area (Å²) in [6.45, 7) is 6.71. The number of rotatable bonds is 8. The maximum Gasteiger partial charge on any atom is 0.251 e. The molecule has 1 amide bonds. The van der Waals surface area contributed by atoms with Gasteiger partial charge in [-0.15, -0.1) is 0 Å². The van der Waals surface area contributed by atoms with Crippen molar-refractivity contribution in [1.82, 2.24) is 5.32 Å². The Balaban J connectivity index is 1.69. The molecule has 1 unspecified atom stereocenters. The highest BCUT2D eigenvalue weighted by Crippen LogP contribution is 2.24. The molecule has 0 aliphatic carbocycles. The lowest BCUT2D eigenvalue weighted by molar-refractivity contribution is 0.0951. The summed E-state index contributed by atoms with van der Waals surface area (Å²) in [5.74, 6) is 0.0640. The first kappa shape index (κ1) is 23.5. The molecule has 1 atom stereocenters. The quantitative estimate of drug-likeness (QED) is 0.536. The van der Waals surface area contributed by atoms with Crippen LogP contribution in [0.25, 0.3) is 0 Å². The molecule has 5 nitrogen and oxygen atoms in total. The van der Waals surface area contributed by atoms with Crippen molar-refractivity contribution in [3.05, 3.63) is 101 Å². The lowest BCUT2D eigenvalue weighted by atomic mass is 10.0. The molecule has 0 radical (unpaired) electrons. The van der Waals surface area contributed by atoms with Gasteiger partial charge in [0.1, 0.15) is 0 Å². The summed E-state index contributed by atoms with van der Waals surface area (Å²) in [7, 11) is -3.47. The van der Waals surface area contributed by atoms with Gasteiger partial charge in [0.15, 0.2) is 0 Å². The summed E-state index contributed by atoms with van der Waals surface area (Å²) in [5.41, 5.74) is 5.18. The predicted molar refractivity (Wildman–Crippen MR) is 131 cm³/mol. The first-order valence-corrected chi connectivity index (χ1v) is 12.5. The number of anilines is 1. The van der Waals surface area contributed by atoms with E-state index in [4.69, 9.17) is 0 Å². The third-order valence-electron chi connectivity index (χ3n) is 5.37. The molecule has 0 saturated carbocycles. The van der Waals surface area contributed by atoms with Crippen molar-refractivity contribution < 1.29 is 13.2 Å². The molecule has 0 spiro atoms. The van der Waals surface area contributed by atoms with Crippen LogP contribution in [0.2, 0.25) is 0 Å². The number of carbonyl (C=O) groups excluding carboxylic acids is 1. The average Bonchev–Trinajstić information content (AvgIpc) is 2.75. The number of hydrogen-bond donors (Lipinski definition) is 1. The average molecular weight is 451 g/mol. The van der Waals surface area contributed by atoms with E-state index in [9.17, 15) is 13.2 Å². The van der Waals surface area contributed by atoms with Crippen LogP contribution in [0.5, 0.6) is 0 Å². The van der Waals surface area contributed by atoms with Gasteiger partial charge in [0.05, 0.1) is 18.5 Å². The van der Waals surface area contributed by atoms with Crippen molar-refractivity contribution in [2.45, 2.75) is 33.2 Å². The van der Waals surface area contributed by atoms with Gasteiger partial charge in [0.2, 0.25) is 10.0 Å². The Bertz CT molecular complexity index is 1150. The smallest absolute Gasteiger partial charge is 0.251 e. The van der Waals surface area contributed by atoms with Crippen molar-refractivity contribution in [3.63, 3.8) is 0 Å². The molecule has 3 aromatic rings. The number of amides is 1. The number of nitrogens with zero attached hydrogens (tertiary/aromatic N) is 1. The molecule has 0 aromatic heterocycles. The van der Waals surface area contributed by atoms with Crippen LogP contribution < -0.4 is 9.62 Å². The first-order valence-electron chi connectivity index (χ1n) is 10.6. The monoisotopic (exact) mass is 450 g/mol. The van der Waals surface area contributed by atoms with Crippen molar-refractivity contribution in [2.24, 2.45) is 0 Å². The van der Waals surface area contributed by atoms with Gasteiger partial charge in [0, 0.05) is 12.1 Å². The normalized spacial score (nSPS) is 12.2. The Labute approximate surface area is 191 Å². The number of carbonyl (C=O) groups is 1. The van der Waals surface area contributed by atoms with Crippen LogP contribution in [0.3, 0.4) is 0 Å². The van der Waals surface area contributed by atoms with E-state index in [1.165, 1.54) is 16.1 Å². The fraction of sp³-hybridized carbons (Fsp3) is 0.269. The number of hydrogen-bond acceptors (Lipinski definition) is 3. The third kappa shape index (κ3) is 6.20. The molecule has 3 aromatic carbocycles. The molecule has 0 heterocycles. The molecule has 0 bridgehead atoms. The number of nitrogens with one attached hydrogen (secondary N) is 1. The standard InChI is InChI=1S/C26H30N2O3S/c1-19-14-20(2)16-25(15-19)28(32(4,30)31)18-22-10-12-24(13-11-22)26(29)27-17-21(3)23-8-6-5-7-9-23/h5-16,21H,17-18H2,1-4H3,(H,27,29). The third-order valence-corrected chi connectivity index (χ3v) is 6.52. The predicted octanol–water partition coefficient (Wildman–Crippen LogP) is 4.80. The summed E-state index contributed by atoms with van der Waals surface area (Å²) < 4.78 is 26.3. The molecular formula is C26H30N2O3S. The Morgan fingerprint density at radius 1 is 0.938 bits per heavy atom. The minimum atomic E-state index is -3.47. The SMILES string of the molecule is Cc1cc(C)cc(N(Cc2ccc(C(=O)NCC(C)c3ccccc3)cc2)S(C)(=O)=O)c1. The second-order valence-corrected chi connectivity index (χ2v) is 10.2. The number of aryl methyl sites for hydroxylation is 2. The summed E-state index contributed by atoms with van der Waals surface area (Å²) in [5, 5.41) is 2.97. The van der Waals surface area contributed by atoms with Gasteiger partial charge in [0.25, 0.3) is 5.91 Å². The molecular weight excluding hydrogens is 420 g/mol. The van der Waals surface area contributed by atoms with Crippen LogP contribution in [0, 0.1) is 13.8 Å². The van der Waals surface area contributed by atoms with Gasteiger partial charge >= 0.3 is 0 Å². The molecule has 32 heavy (non-hydrogen) atoms. The zero-order valence-corrected chi connectivity index (χ0v) is 19.8. The maximum atomic E-state index is 12.6. The highest BCUT2D eigenvalue weighted by molar-refractivity contribution is 7.92. The van der Waals surface area contributed by atoms with Crippen molar-refractivity contribution in [1.29, 1.82) is 0 Å². The van der Waals surface area contributed by atoms with Crippen LogP contribution in [0.1, 0.15) is 45.5 Å². The molecule has 0 aliphatic heterocycles. The van der Waals surface area contributed by atoms with Crippen molar-refractivity contribution >= 4 is 21.6 Å². The Kier molecular flexibility index (Phi) is 7.36. The van der Waals surface area contributed by atoms with Crippen LogP contribution in [-0.2, 0) is 16.6 Å². The second kappa shape index (κ2) is 10.0. The van der Waals surface area contributed by atoms with E-state index in [1.54, 1.807) is 24.3 Å². The van der Waals surface area contributed by atoms with Gasteiger partial charge < -0.3 is 5.32 Å². The summed E-state index contributed by atoms with van der Waals surface area (Å²) in [4.78, 5) is 12.6. The molecule has 0 aliphatic rings. The Morgan fingerprint density at radius 3 is 2.09 bits per heavy atom. The van der Waals surface area contributed by atoms with Gasteiger partial charge in [-0.05, 0) is 66.3 Å². The fourth-order valence-corrected chi connectivity index (χ4v) is 4.54. The van der Waals surface area contributed by atoms with Crippen LogP contribution >= 0.6 is 0 Å². The van der Waals surface area contributed by atoms with E-state index in [2.05, 4.69) is 24.4 Å². The van der Waals surface area contributed by atoms with Gasteiger partial charge in [-0.1, -0.05) is 55.5 Å².